The van der Waals surface area contributed by atoms with Crippen molar-refractivity contribution < 1.29 is 10.2 Å². The van der Waals surface area contributed by atoms with E-state index >= 15 is 0 Å². The fourth-order valence-electron chi connectivity index (χ4n) is 2.47. The molecular formula is C13H19ClN2O2. The van der Waals surface area contributed by atoms with E-state index in [-0.39, 0.29) is 13.2 Å². The number of aromatic nitrogens is 1. The summed E-state index contributed by atoms with van der Waals surface area (Å²) in [5, 5.41) is 18.6. The van der Waals surface area contributed by atoms with E-state index in [0.29, 0.717) is 10.9 Å². The summed E-state index contributed by atoms with van der Waals surface area (Å²) in [5.41, 5.74) is 0.729. The van der Waals surface area contributed by atoms with Gasteiger partial charge in [-0.3, -0.25) is 0 Å². The summed E-state index contributed by atoms with van der Waals surface area (Å²) in [5.74, 6) is 1.30. The Morgan fingerprint density at radius 3 is 2.94 bits per heavy atom. The number of halogens is 1. The van der Waals surface area contributed by atoms with E-state index in [4.69, 9.17) is 21.8 Å². The smallest absolute Gasteiger partial charge is 0.147 e. The summed E-state index contributed by atoms with van der Waals surface area (Å²) in [4.78, 5) is 6.51. The summed E-state index contributed by atoms with van der Waals surface area (Å²) < 4.78 is 0. The van der Waals surface area contributed by atoms with E-state index in [1.807, 2.05) is 0 Å². The van der Waals surface area contributed by atoms with Crippen LogP contribution in [0.5, 0.6) is 0 Å². The van der Waals surface area contributed by atoms with Crippen molar-refractivity contribution in [3.05, 3.63) is 22.8 Å². The third-order valence-electron chi connectivity index (χ3n) is 3.42. The SMILES string of the molecule is OCCC1CCCN(c2ncc(CO)cc2Cl)C1. The van der Waals surface area contributed by atoms with Gasteiger partial charge in [-0.1, -0.05) is 11.6 Å². The zero-order valence-corrected chi connectivity index (χ0v) is 11.1. The molecule has 0 bridgehead atoms. The molecule has 2 rings (SSSR count). The lowest BCUT2D eigenvalue weighted by Gasteiger charge is -2.33. The molecule has 0 amide bonds. The lowest BCUT2D eigenvalue weighted by molar-refractivity contribution is 0.244. The van der Waals surface area contributed by atoms with E-state index in [2.05, 4.69) is 9.88 Å². The topological polar surface area (TPSA) is 56.6 Å². The zero-order valence-electron chi connectivity index (χ0n) is 10.3. The minimum atomic E-state index is -0.0415. The van der Waals surface area contributed by atoms with Crippen LogP contribution in [-0.4, -0.2) is 34.9 Å². The first-order valence-corrected chi connectivity index (χ1v) is 6.73. The van der Waals surface area contributed by atoms with E-state index in [0.717, 1.165) is 43.7 Å². The van der Waals surface area contributed by atoms with Gasteiger partial charge < -0.3 is 15.1 Å². The van der Waals surface area contributed by atoms with Crippen molar-refractivity contribution in [1.82, 2.24) is 4.98 Å². The van der Waals surface area contributed by atoms with E-state index in [9.17, 15) is 0 Å². The molecule has 0 radical (unpaired) electrons. The molecule has 100 valence electrons. The van der Waals surface area contributed by atoms with Crippen LogP contribution in [0.1, 0.15) is 24.8 Å². The van der Waals surface area contributed by atoms with Gasteiger partial charge in [0.1, 0.15) is 5.82 Å². The number of rotatable bonds is 4. The van der Waals surface area contributed by atoms with Crippen LogP contribution in [-0.2, 0) is 6.61 Å². The lowest BCUT2D eigenvalue weighted by Crippen LogP contribution is -2.36. The van der Waals surface area contributed by atoms with Crippen LogP contribution in [0.25, 0.3) is 0 Å². The predicted molar refractivity (Wildman–Crippen MR) is 71.8 cm³/mol. The molecule has 0 aliphatic carbocycles. The predicted octanol–water partition coefficient (Wildman–Crippen LogP) is 1.83. The minimum Gasteiger partial charge on any atom is -0.396 e. The first kappa shape index (κ1) is 13.6. The summed E-state index contributed by atoms with van der Waals surface area (Å²) in [6.07, 6.45) is 4.76. The molecule has 1 saturated heterocycles. The Labute approximate surface area is 112 Å². The second kappa shape index (κ2) is 6.36. The molecule has 5 heteroatoms. The quantitative estimate of drug-likeness (QED) is 0.876. The van der Waals surface area contributed by atoms with Crippen molar-refractivity contribution in [3.8, 4) is 0 Å². The van der Waals surface area contributed by atoms with Gasteiger partial charge in [-0.2, -0.15) is 0 Å². The fourth-order valence-corrected chi connectivity index (χ4v) is 2.77. The Morgan fingerprint density at radius 2 is 2.28 bits per heavy atom. The Morgan fingerprint density at radius 1 is 1.44 bits per heavy atom. The van der Waals surface area contributed by atoms with E-state index in [1.54, 1.807) is 12.3 Å². The number of hydrogen-bond donors (Lipinski definition) is 2. The normalized spacial score (nSPS) is 20.2. The average molecular weight is 271 g/mol. The van der Waals surface area contributed by atoms with Crippen molar-refractivity contribution in [2.24, 2.45) is 5.92 Å². The maximum Gasteiger partial charge on any atom is 0.147 e. The van der Waals surface area contributed by atoms with Crippen LogP contribution in [0.2, 0.25) is 5.02 Å². The highest BCUT2D eigenvalue weighted by Gasteiger charge is 2.22. The molecule has 0 aromatic carbocycles. The molecule has 1 aromatic heterocycles. The van der Waals surface area contributed by atoms with Crippen molar-refractivity contribution in [2.45, 2.75) is 25.9 Å². The summed E-state index contributed by atoms with van der Waals surface area (Å²) in [6.45, 7) is 2.04. The Balaban J connectivity index is 2.10. The Bertz CT molecular complexity index is 399. The van der Waals surface area contributed by atoms with Crippen LogP contribution in [0, 0.1) is 5.92 Å². The Kier molecular flexibility index (Phi) is 4.80. The highest BCUT2D eigenvalue weighted by molar-refractivity contribution is 6.33. The second-order valence-corrected chi connectivity index (χ2v) is 5.18. The van der Waals surface area contributed by atoms with Gasteiger partial charge in [0.25, 0.3) is 0 Å². The molecule has 1 unspecified atom stereocenters. The molecule has 1 aliphatic rings. The maximum absolute atomic E-state index is 9.04. The van der Waals surface area contributed by atoms with Crippen molar-refractivity contribution in [2.75, 3.05) is 24.6 Å². The molecule has 2 N–H and O–H groups in total. The Hall–Kier alpha value is -0.840. The molecule has 1 aromatic rings. The van der Waals surface area contributed by atoms with Gasteiger partial charge in [0.15, 0.2) is 0 Å². The van der Waals surface area contributed by atoms with Gasteiger partial charge in [-0.25, -0.2) is 4.98 Å². The number of anilines is 1. The number of piperidine rings is 1. The van der Waals surface area contributed by atoms with Crippen LogP contribution >= 0.6 is 11.6 Å². The zero-order chi connectivity index (χ0) is 13.0. The van der Waals surface area contributed by atoms with Crippen LogP contribution in [0.3, 0.4) is 0 Å². The van der Waals surface area contributed by atoms with Crippen LogP contribution in [0.4, 0.5) is 5.82 Å². The molecule has 1 aliphatic heterocycles. The molecule has 4 nitrogen and oxygen atoms in total. The molecule has 0 saturated carbocycles. The lowest BCUT2D eigenvalue weighted by atomic mass is 9.95. The second-order valence-electron chi connectivity index (χ2n) is 4.77. The van der Waals surface area contributed by atoms with Crippen molar-refractivity contribution in [3.63, 3.8) is 0 Å². The average Bonchev–Trinajstić information content (AvgIpc) is 2.39. The monoisotopic (exact) mass is 270 g/mol. The van der Waals surface area contributed by atoms with Gasteiger partial charge in [0.2, 0.25) is 0 Å². The van der Waals surface area contributed by atoms with Gasteiger partial charge in [0.05, 0.1) is 11.6 Å². The molecule has 1 atom stereocenters. The standard InChI is InChI=1S/C13H19ClN2O2/c14-12-6-11(9-18)7-15-13(12)16-4-1-2-10(8-16)3-5-17/h6-7,10,17-18H,1-5,8-9H2. The fraction of sp³-hybridized carbons (Fsp3) is 0.615. The molecular weight excluding hydrogens is 252 g/mol. The molecule has 1 fully saturated rings. The van der Waals surface area contributed by atoms with Crippen molar-refractivity contribution >= 4 is 17.4 Å². The number of aliphatic hydroxyl groups excluding tert-OH is 2. The van der Waals surface area contributed by atoms with Crippen LogP contribution in [0.15, 0.2) is 12.3 Å². The number of nitrogens with zero attached hydrogens (tertiary/aromatic N) is 2. The summed E-state index contributed by atoms with van der Waals surface area (Å²) in [6, 6.07) is 1.76. The highest BCUT2D eigenvalue weighted by Crippen LogP contribution is 2.29. The van der Waals surface area contributed by atoms with Gasteiger partial charge in [-0.05, 0) is 36.8 Å². The van der Waals surface area contributed by atoms with Gasteiger partial charge in [0, 0.05) is 25.9 Å². The third-order valence-corrected chi connectivity index (χ3v) is 3.69. The third kappa shape index (κ3) is 3.13. The van der Waals surface area contributed by atoms with E-state index < -0.39 is 0 Å². The van der Waals surface area contributed by atoms with E-state index in [1.165, 1.54) is 0 Å². The number of hydrogen-bond acceptors (Lipinski definition) is 4. The first-order valence-electron chi connectivity index (χ1n) is 6.35. The van der Waals surface area contributed by atoms with Crippen molar-refractivity contribution in [1.29, 1.82) is 0 Å². The van der Waals surface area contributed by atoms with Gasteiger partial charge >= 0.3 is 0 Å². The molecule has 2 heterocycles. The number of aliphatic hydroxyl groups is 2. The summed E-state index contributed by atoms with van der Waals surface area (Å²) >= 11 is 6.20. The largest absolute Gasteiger partial charge is 0.396 e. The highest BCUT2D eigenvalue weighted by atomic mass is 35.5. The maximum atomic E-state index is 9.04. The molecule has 0 spiro atoms. The summed E-state index contributed by atoms with van der Waals surface area (Å²) in [7, 11) is 0. The minimum absolute atomic E-state index is 0.0415. The number of pyridine rings is 1. The van der Waals surface area contributed by atoms with Crippen LogP contribution < -0.4 is 4.90 Å². The molecule has 18 heavy (non-hydrogen) atoms. The van der Waals surface area contributed by atoms with Gasteiger partial charge in [-0.15, -0.1) is 0 Å². The first-order chi connectivity index (χ1) is 8.74.